The Hall–Kier alpha value is -3.22. The number of benzene rings is 2. The second-order valence-corrected chi connectivity index (χ2v) is 5.28. The maximum Gasteiger partial charge on any atom is 0.270 e. The van der Waals surface area contributed by atoms with Gasteiger partial charge in [-0.05, 0) is 32.0 Å². The van der Waals surface area contributed by atoms with Crippen molar-refractivity contribution in [3.63, 3.8) is 0 Å². The first-order chi connectivity index (χ1) is 12.0. The lowest BCUT2D eigenvalue weighted by Gasteiger charge is -2.25. The van der Waals surface area contributed by atoms with Crippen molar-refractivity contribution in [2.45, 2.75) is 20.0 Å². The third-order valence-corrected chi connectivity index (χ3v) is 3.63. The van der Waals surface area contributed by atoms with E-state index in [1.54, 1.807) is 11.8 Å². The lowest BCUT2D eigenvalue weighted by molar-refractivity contribution is -0.384. The summed E-state index contributed by atoms with van der Waals surface area (Å²) in [5.41, 5.74) is 0.550. The Morgan fingerprint density at radius 2 is 1.96 bits per heavy atom. The monoisotopic (exact) mass is 342 g/mol. The first-order valence-corrected chi connectivity index (χ1v) is 7.74. The number of likely N-dealkylation sites (N-methyl/N-ethyl adjacent to an activating group) is 1. The van der Waals surface area contributed by atoms with Gasteiger partial charge < -0.3 is 9.64 Å². The van der Waals surface area contributed by atoms with Crippen molar-refractivity contribution < 1.29 is 19.2 Å². The number of rotatable bonds is 7. The van der Waals surface area contributed by atoms with Crippen LogP contribution in [0.3, 0.4) is 0 Å². The molecule has 25 heavy (non-hydrogen) atoms. The number of anilines is 1. The number of nitrogens with zero attached hydrogens (tertiary/aromatic N) is 2. The van der Waals surface area contributed by atoms with Crippen LogP contribution in [-0.4, -0.2) is 29.8 Å². The summed E-state index contributed by atoms with van der Waals surface area (Å²) in [7, 11) is 0. The topological polar surface area (TPSA) is 89.8 Å². The number of hydrogen-bond donors (Lipinski definition) is 0. The molecule has 0 heterocycles. The van der Waals surface area contributed by atoms with E-state index >= 15 is 0 Å². The van der Waals surface area contributed by atoms with Gasteiger partial charge in [0.15, 0.2) is 12.4 Å². The molecule has 0 aliphatic heterocycles. The van der Waals surface area contributed by atoms with Crippen LogP contribution in [0.5, 0.6) is 5.75 Å². The predicted octanol–water partition coefficient (Wildman–Crippen LogP) is 3.23. The summed E-state index contributed by atoms with van der Waals surface area (Å²) >= 11 is 0. The number of carbonyl (C=O) groups excluding carboxylic acids is 2. The molecule has 130 valence electrons. The minimum atomic E-state index is -0.861. The molecule has 0 spiro atoms. The fraction of sp³-hybridized carbons (Fsp3) is 0.222. The maximum absolute atomic E-state index is 12.7. The van der Waals surface area contributed by atoms with Crippen LogP contribution in [0.25, 0.3) is 0 Å². The molecular formula is C18H18N2O5. The van der Waals surface area contributed by atoms with Crippen molar-refractivity contribution in [3.8, 4) is 5.75 Å². The van der Waals surface area contributed by atoms with Crippen LogP contribution in [0.4, 0.5) is 11.4 Å². The van der Waals surface area contributed by atoms with Gasteiger partial charge >= 0.3 is 0 Å². The molecule has 2 aromatic carbocycles. The summed E-state index contributed by atoms with van der Waals surface area (Å²) < 4.78 is 5.59. The van der Waals surface area contributed by atoms with Gasteiger partial charge in [0.2, 0.25) is 0 Å². The normalized spacial score (nSPS) is 11.4. The molecule has 0 saturated carbocycles. The van der Waals surface area contributed by atoms with Crippen LogP contribution in [0.2, 0.25) is 0 Å². The van der Waals surface area contributed by atoms with E-state index < -0.39 is 11.0 Å². The van der Waals surface area contributed by atoms with Crippen molar-refractivity contribution in [1.29, 1.82) is 0 Å². The standard InChI is InChI=1S/C18H18N2O5/c1-3-19(15-7-5-4-6-8-15)18(22)13(2)25-17-10-9-16(20(23)24)11-14(17)12-21/h4-13H,3H2,1-2H3/t13-/m1/s1. The Labute approximate surface area is 145 Å². The van der Waals surface area contributed by atoms with Crippen LogP contribution in [0.1, 0.15) is 24.2 Å². The average Bonchev–Trinajstić information content (AvgIpc) is 2.63. The number of hydrogen-bond acceptors (Lipinski definition) is 5. The smallest absolute Gasteiger partial charge is 0.270 e. The Morgan fingerprint density at radius 3 is 2.52 bits per heavy atom. The lowest BCUT2D eigenvalue weighted by Crippen LogP contribution is -2.40. The zero-order valence-corrected chi connectivity index (χ0v) is 13.9. The molecular weight excluding hydrogens is 324 g/mol. The van der Waals surface area contributed by atoms with Gasteiger partial charge in [-0.2, -0.15) is 0 Å². The van der Waals surface area contributed by atoms with Crippen molar-refractivity contribution in [3.05, 3.63) is 64.2 Å². The van der Waals surface area contributed by atoms with Gasteiger partial charge in [-0.3, -0.25) is 19.7 Å². The van der Waals surface area contributed by atoms with Gasteiger partial charge in [0.1, 0.15) is 5.75 Å². The summed E-state index contributed by atoms with van der Waals surface area (Å²) in [6.07, 6.45) is -0.394. The second-order valence-electron chi connectivity index (χ2n) is 5.28. The zero-order chi connectivity index (χ0) is 18.4. The minimum absolute atomic E-state index is 0.0246. The largest absolute Gasteiger partial charge is 0.480 e. The van der Waals surface area contributed by atoms with Gasteiger partial charge in [-0.15, -0.1) is 0 Å². The molecule has 0 aliphatic rings. The molecule has 2 aromatic rings. The van der Waals surface area contributed by atoms with E-state index in [4.69, 9.17) is 4.74 Å². The fourth-order valence-electron chi connectivity index (χ4n) is 2.38. The maximum atomic E-state index is 12.7. The summed E-state index contributed by atoms with van der Waals surface area (Å²) in [4.78, 5) is 35.6. The third-order valence-electron chi connectivity index (χ3n) is 3.63. The van der Waals surface area contributed by atoms with Gasteiger partial charge in [0.05, 0.1) is 10.5 Å². The van der Waals surface area contributed by atoms with Crippen molar-refractivity contribution in [2.24, 2.45) is 0 Å². The van der Waals surface area contributed by atoms with E-state index in [0.717, 1.165) is 11.8 Å². The molecule has 2 rings (SSSR count). The predicted molar refractivity (Wildman–Crippen MR) is 93.0 cm³/mol. The Balaban J connectivity index is 2.20. The number of nitro benzene ring substituents is 1. The van der Waals surface area contributed by atoms with E-state index in [0.29, 0.717) is 12.8 Å². The van der Waals surface area contributed by atoms with Crippen LogP contribution >= 0.6 is 0 Å². The Morgan fingerprint density at radius 1 is 1.28 bits per heavy atom. The minimum Gasteiger partial charge on any atom is -0.480 e. The first-order valence-electron chi connectivity index (χ1n) is 7.74. The van der Waals surface area contributed by atoms with Gasteiger partial charge in [-0.1, -0.05) is 18.2 Å². The Kier molecular flexibility index (Phi) is 5.84. The van der Waals surface area contributed by atoms with Crippen molar-refractivity contribution >= 4 is 23.6 Å². The number of nitro groups is 1. The number of amides is 1. The molecule has 0 radical (unpaired) electrons. The highest BCUT2D eigenvalue weighted by molar-refractivity contribution is 5.96. The van der Waals surface area contributed by atoms with E-state index in [1.165, 1.54) is 12.1 Å². The Bertz CT molecular complexity index is 776. The molecule has 0 bridgehead atoms. The van der Waals surface area contributed by atoms with Gasteiger partial charge in [-0.25, -0.2) is 0 Å². The van der Waals surface area contributed by atoms with E-state index in [-0.39, 0.29) is 22.9 Å². The van der Waals surface area contributed by atoms with Crippen molar-refractivity contribution in [1.82, 2.24) is 0 Å². The quantitative estimate of drug-likeness (QED) is 0.438. The molecule has 0 fully saturated rings. The highest BCUT2D eigenvalue weighted by atomic mass is 16.6. The van der Waals surface area contributed by atoms with Gasteiger partial charge in [0, 0.05) is 24.4 Å². The van der Waals surface area contributed by atoms with Crippen LogP contribution in [0.15, 0.2) is 48.5 Å². The summed E-state index contributed by atoms with van der Waals surface area (Å²) in [5.74, 6) is -0.144. The third kappa shape index (κ3) is 4.20. The zero-order valence-electron chi connectivity index (χ0n) is 13.9. The van der Waals surface area contributed by atoms with E-state index in [1.807, 2.05) is 37.3 Å². The second kappa shape index (κ2) is 8.05. The number of para-hydroxylation sites is 1. The van der Waals surface area contributed by atoms with Crippen LogP contribution < -0.4 is 9.64 Å². The SMILES string of the molecule is CCN(C(=O)[C@@H](C)Oc1ccc([N+](=O)[O-])cc1C=O)c1ccccc1. The van der Waals surface area contributed by atoms with Gasteiger partial charge in [0.25, 0.3) is 11.6 Å². The van der Waals surface area contributed by atoms with Crippen LogP contribution in [-0.2, 0) is 4.79 Å². The molecule has 0 saturated heterocycles. The summed E-state index contributed by atoms with van der Waals surface area (Å²) in [5, 5.41) is 10.8. The number of aldehydes is 1. The summed E-state index contributed by atoms with van der Waals surface area (Å²) in [6.45, 7) is 3.88. The van der Waals surface area contributed by atoms with Crippen LogP contribution in [0, 0.1) is 10.1 Å². The highest BCUT2D eigenvalue weighted by Gasteiger charge is 2.23. The number of ether oxygens (including phenoxy) is 1. The molecule has 0 aliphatic carbocycles. The molecule has 7 heteroatoms. The molecule has 0 unspecified atom stereocenters. The van der Waals surface area contributed by atoms with E-state index in [9.17, 15) is 19.7 Å². The highest BCUT2D eigenvalue weighted by Crippen LogP contribution is 2.24. The lowest BCUT2D eigenvalue weighted by atomic mass is 10.2. The first kappa shape index (κ1) is 18.1. The van der Waals surface area contributed by atoms with Crippen molar-refractivity contribution in [2.75, 3.05) is 11.4 Å². The summed E-state index contributed by atoms with van der Waals surface area (Å²) in [6, 6.07) is 12.8. The molecule has 0 aromatic heterocycles. The average molecular weight is 342 g/mol. The number of carbonyl (C=O) groups is 2. The molecule has 1 atom stereocenters. The van der Waals surface area contributed by atoms with E-state index in [2.05, 4.69) is 0 Å². The molecule has 0 N–H and O–H groups in total. The number of non-ortho nitro benzene ring substituents is 1. The molecule has 7 nitrogen and oxygen atoms in total. The fourth-order valence-corrected chi connectivity index (χ4v) is 2.38. The molecule has 1 amide bonds.